The lowest BCUT2D eigenvalue weighted by molar-refractivity contribution is -0.118. The number of carbonyl (C=O) groups excluding carboxylic acids is 1. The summed E-state index contributed by atoms with van der Waals surface area (Å²) in [6.45, 7) is 5.95. The third kappa shape index (κ3) is 3.55. The van der Waals surface area contributed by atoms with E-state index in [-0.39, 0.29) is 17.8 Å². The first-order valence-corrected chi connectivity index (χ1v) is 7.07. The zero-order valence-electron chi connectivity index (χ0n) is 11.0. The van der Waals surface area contributed by atoms with E-state index in [1.54, 1.807) is 17.0 Å². The quantitative estimate of drug-likeness (QED) is 0.782. The molecule has 0 aliphatic heterocycles. The second-order valence-electron chi connectivity index (χ2n) is 4.35. The van der Waals surface area contributed by atoms with Gasteiger partial charge in [-0.05, 0) is 47.5 Å². The van der Waals surface area contributed by atoms with Crippen molar-refractivity contribution in [3.05, 3.63) is 28.5 Å². The average molecular weight is 316 g/mol. The van der Waals surface area contributed by atoms with Crippen molar-refractivity contribution in [1.29, 1.82) is 0 Å². The summed E-state index contributed by atoms with van der Waals surface area (Å²) >= 11 is 3.16. The molecule has 0 aliphatic rings. The van der Waals surface area contributed by atoms with Gasteiger partial charge in [-0.15, -0.1) is 0 Å². The number of nitrogens with zero attached hydrogens (tertiary/aromatic N) is 1. The molecule has 1 unspecified atom stereocenters. The van der Waals surface area contributed by atoms with Crippen molar-refractivity contribution < 1.29 is 9.18 Å². The van der Waals surface area contributed by atoms with Gasteiger partial charge in [0.2, 0.25) is 5.91 Å². The molecular formula is C14H19BrFNO. The molecule has 1 aromatic carbocycles. The lowest BCUT2D eigenvalue weighted by Gasteiger charge is -2.29. The van der Waals surface area contributed by atoms with Crippen molar-refractivity contribution in [2.45, 2.75) is 46.1 Å². The van der Waals surface area contributed by atoms with E-state index in [1.807, 2.05) is 13.8 Å². The Hall–Kier alpha value is -0.900. The fraction of sp³-hybridized carbons (Fsp3) is 0.500. The summed E-state index contributed by atoms with van der Waals surface area (Å²) in [6.07, 6.45) is 2.39. The molecule has 0 heterocycles. The van der Waals surface area contributed by atoms with Crippen LogP contribution >= 0.6 is 15.9 Å². The molecule has 1 rings (SSSR count). The van der Waals surface area contributed by atoms with Gasteiger partial charge in [0.25, 0.3) is 0 Å². The topological polar surface area (TPSA) is 20.3 Å². The van der Waals surface area contributed by atoms with Gasteiger partial charge in [0.05, 0.1) is 4.47 Å². The Morgan fingerprint density at radius 2 is 2.11 bits per heavy atom. The molecule has 0 N–H and O–H groups in total. The molecular weight excluding hydrogens is 297 g/mol. The van der Waals surface area contributed by atoms with E-state index in [0.29, 0.717) is 10.9 Å². The van der Waals surface area contributed by atoms with Gasteiger partial charge < -0.3 is 4.90 Å². The van der Waals surface area contributed by atoms with Crippen LogP contribution in [-0.2, 0) is 4.79 Å². The highest BCUT2D eigenvalue weighted by molar-refractivity contribution is 9.10. The third-order valence-electron chi connectivity index (χ3n) is 2.90. The van der Waals surface area contributed by atoms with Crippen LogP contribution in [0, 0.1) is 5.82 Å². The summed E-state index contributed by atoms with van der Waals surface area (Å²) in [4.78, 5) is 13.8. The fourth-order valence-electron chi connectivity index (χ4n) is 2.00. The van der Waals surface area contributed by atoms with Crippen LogP contribution in [-0.4, -0.2) is 11.9 Å². The molecule has 1 atom stereocenters. The van der Waals surface area contributed by atoms with Gasteiger partial charge in [-0.1, -0.05) is 20.3 Å². The van der Waals surface area contributed by atoms with Gasteiger partial charge >= 0.3 is 0 Å². The SMILES string of the molecule is CCCC(C)N(C(=O)CC)c1ccc(F)c(Br)c1. The molecule has 2 nitrogen and oxygen atoms in total. The smallest absolute Gasteiger partial charge is 0.226 e. The van der Waals surface area contributed by atoms with Crippen molar-refractivity contribution in [2.75, 3.05) is 4.90 Å². The first kappa shape index (κ1) is 15.2. The van der Waals surface area contributed by atoms with E-state index in [4.69, 9.17) is 0 Å². The van der Waals surface area contributed by atoms with Gasteiger partial charge in [0, 0.05) is 18.2 Å². The minimum Gasteiger partial charge on any atom is -0.310 e. The molecule has 4 heteroatoms. The zero-order valence-corrected chi connectivity index (χ0v) is 12.6. The number of rotatable bonds is 5. The van der Waals surface area contributed by atoms with E-state index in [2.05, 4.69) is 22.9 Å². The van der Waals surface area contributed by atoms with E-state index in [9.17, 15) is 9.18 Å². The molecule has 0 bridgehead atoms. The van der Waals surface area contributed by atoms with Gasteiger partial charge in [0.15, 0.2) is 0 Å². The Morgan fingerprint density at radius 1 is 1.44 bits per heavy atom. The highest BCUT2D eigenvalue weighted by Gasteiger charge is 2.20. The second kappa shape index (κ2) is 6.88. The lowest BCUT2D eigenvalue weighted by atomic mass is 10.1. The van der Waals surface area contributed by atoms with Gasteiger partial charge in [-0.25, -0.2) is 4.39 Å². The number of benzene rings is 1. The summed E-state index contributed by atoms with van der Waals surface area (Å²) in [7, 11) is 0. The number of carbonyl (C=O) groups is 1. The third-order valence-corrected chi connectivity index (χ3v) is 3.51. The Morgan fingerprint density at radius 3 is 2.61 bits per heavy atom. The maximum Gasteiger partial charge on any atom is 0.226 e. The highest BCUT2D eigenvalue weighted by Crippen LogP contribution is 2.26. The number of halogens is 2. The average Bonchev–Trinajstić information content (AvgIpc) is 2.34. The number of amides is 1. The highest BCUT2D eigenvalue weighted by atomic mass is 79.9. The van der Waals surface area contributed by atoms with Crippen molar-refractivity contribution >= 4 is 27.5 Å². The first-order valence-electron chi connectivity index (χ1n) is 6.28. The van der Waals surface area contributed by atoms with Crippen molar-refractivity contribution in [2.24, 2.45) is 0 Å². The predicted molar refractivity (Wildman–Crippen MR) is 76.2 cm³/mol. The molecule has 0 saturated carbocycles. The minimum absolute atomic E-state index is 0.0643. The zero-order chi connectivity index (χ0) is 13.7. The van der Waals surface area contributed by atoms with Crippen LogP contribution < -0.4 is 4.90 Å². The van der Waals surface area contributed by atoms with Crippen LogP contribution in [0.25, 0.3) is 0 Å². The van der Waals surface area contributed by atoms with Gasteiger partial charge in [-0.2, -0.15) is 0 Å². The summed E-state index contributed by atoms with van der Waals surface area (Å²) in [5.41, 5.74) is 0.746. The van der Waals surface area contributed by atoms with Crippen LogP contribution in [0.5, 0.6) is 0 Å². The Labute approximate surface area is 116 Å². The maximum absolute atomic E-state index is 13.2. The molecule has 0 fully saturated rings. The van der Waals surface area contributed by atoms with E-state index in [1.165, 1.54) is 6.07 Å². The van der Waals surface area contributed by atoms with E-state index < -0.39 is 0 Å². The van der Waals surface area contributed by atoms with Gasteiger partial charge in [-0.3, -0.25) is 4.79 Å². The molecule has 0 saturated heterocycles. The molecule has 0 spiro atoms. The standard InChI is InChI=1S/C14H19BrFNO/c1-4-6-10(3)17(14(18)5-2)11-7-8-13(16)12(15)9-11/h7-10H,4-6H2,1-3H3. The molecule has 1 aromatic rings. The minimum atomic E-state index is -0.314. The molecule has 18 heavy (non-hydrogen) atoms. The monoisotopic (exact) mass is 315 g/mol. The van der Waals surface area contributed by atoms with Crippen LogP contribution in [0.2, 0.25) is 0 Å². The largest absolute Gasteiger partial charge is 0.310 e. The number of hydrogen-bond acceptors (Lipinski definition) is 1. The Bertz CT molecular complexity index is 422. The molecule has 0 aliphatic carbocycles. The summed E-state index contributed by atoms with van der Waals surface area (Å²) < 4.78 is 13.6. The second-order valence-corrected chi connectivity index (χ2v) is 5.21. The predicted octanol–water partition coefficient (Wildman–Crippen LogP) is 4.52. The lowest BCUT2D eigenvalue weighted by Crippen LogP contribution is -2.38. The molecule has 0 radical (unpaired) electrons. The fourth-order valence-corrected chi connectivity index (χ4v) is 2.36. The molecule has 100 valence electrons. The molecule has 1 amide bonds. The van der Waals surface area contributed by atoms with Crippen LogP contribution in [0.1, 0.15) is 40.0 Å². The maximum atomic E-state index is 13.2. The summed E-state index contributed by atoms with van der Waals surface area (Å²) in [5.74, 6) is -0.250. The number of anilines is 1. The summed E-state index contributed by atoms with van der Waals surface area (Å²) in [6, 6.07) is 4.82. The van der Waals surface area contributed by atoms with E-state index in [0.717, 1.165) is 18.5 Å². The first-order chi connectivity index (χ1) is 8.51. The van der Waals surface area contributed by atoms with Crippen LogP contribution in [0.3, 0.4) is 0 Å². The number of hydrogen-bond donors (Lipinski definition) is 0. The summed E-state index contributed by atoms with van der Waals surface area (Å²) in [5, 5.41) is 0. The molecule has 0 aromatic heterocycles. The van der Waals surface area contributed by atoms with Gasteiger partial charge in [0.1, 0.15) is 5.82 Å². The van der Waals surface area contributed by atoms with Crippen molar-refractivity contribution in [1.82, 2.24) is 0 Å². The Balaban J connectivity index is 3.08. The van der Waals surface area contributed by atoms with Crippen LogP contribution in [0.15, 0.2) is 22.7 Å². The van der Waals surface area contributed by atoms with Crippen molar-refractivity contribution in [3.63, 3.8) is 0 Å². The normalized spacial score (nSPS) is 12.3. The van der Waals surface area contributed by atoms with Crippen molar-refractivity contribution in [3.8, 4) is 0 Å². The van der Waals surface area contributed by atoms with Crippen LogP contribution in [0.4, 0.5) is 10.1 Å². The van der Waals surface area contributed by atoms with E-state index >= 15 is 0 Å². The Kier molecular flexibility index (Phi) is 5.79.